The Bertz CT molecular complexity index is 530. The van der Waals surface area contributed by atoms with E-state index in [9.17, 15) is 0 Å². The molecule has 3 rings (SSSR count). The first kappa shape index (κ1) is 13.1. The highest BCUT2D eigenvalue weighted by Gasteiger charge is 2.23. The molecule has 102 valence electrons. The van der Waals surface area contributed by atoms with E-state index in [0.29, 0.717) is 6.04 Å². The van der Waals surface area contributed by atoms with E-state index in [1.54, 1.807) is 11.3 Å². The minimum atomic E-state index is 0.490. The van der Waals surface area contributed by atoms with Crippen molar-refractivity contribution in [2.24, 2.45) is 5.92 Å². The molecule has 0 aromatic carbocycles. The molecular weight excluding hydrogens is 252 g/mol. The Balaban J connectivity index is 1.79. The van der Waals surface area contributed by atoms with Gasteiger partial charge in [0.05, 0.1) is 10.2 Å². The summed E-state index contributed by atoms with van der Waals surface area (Å²) in [7, 11) is 0. The normalized spacial score (nSPS) is 17.5. The zero-order chi connectivity index (χ0) is 13.1. The number of hydrogen-bond donors (Lipinski definition) is 1. The van der Waals surface area contributed by atoms with Crippen molar-refractivity contribution in [3.05, 3.63) is 29.3 Å². The zero-order valence-electron chi connectivity index (χ0n) is 11.6. The van der Waals surface area contributed by atoms with Gasteiger partial charge in [-0.05, 0) is 48.4 Å². The topological polar surface area (TPSA) is 24.9 Å². The Kier molecular flexibility index (Phi) is 4.14. The van der Waals surface area contributed by atoms with Crippen molar-refractivity contribution in [3.8, 4) is 0 Å². The Labute approximate surface area is 119 Å². The molecule has 1 N–H and O–H groups in total. The van der Waals surface area contributed by atoms with E-state index < -0.39 is 0 Å². The summed E-state index contributed by atoms with van der Waals surface area (Å²) in [5, 5.41) is 5.83. The highest BCUT2D eigenvalue weighted by Crippen LogP contribution is 2.35. The minimum absolute atomic E-state index is 0.490. The molecule has 2 aromatic rings. The van der Waals surface area contributed by atoms with Gasteiger partial charge in [-0.25, -0.2) is 0 Å². The van der Waals surface area contributed by atoms with Gasteiger partial charge < -0.3 is 5.32 Å². The second-order valence-electron chi connectivity index (χ2n) is 5.61. The van der Waals surface area contributed by atoms with Crippen LogP contribution in [0.2, 0.25) is 0 Å². The summed E-state index contributed by atoms with van der Waals surface area (Å²) in [5.41, 5.74) is 2.50. The number of rotatable bonds is 6. The largest absolute Gasteiger partial charge is 0.310 e. The van der Waals surface area contributed by atoms with Crippen LogP contribution in [0, 0.1) is 5.92 Å². The molecule has 1 atom stereocenters. The second-order valence-corrected chi connectivity index (χ2v) is 6.56. The van der Waals surface area contributed by atoms with Crippen LogP contribution in [0.15, 0.2) is 23.7 Å². The quantitative estimate of drug-likeness (QED) is 0.837. The summed E-state index contributed by atoms with van der Waals surface area (Å²) in [6.45, 7) is 3.33. The van der Waals surface area contributed by atoms with Gasteiger partial charge in [-0.2, -0.15) is 0 Å². The summed E-state index contributed by atoms with van der Waals surface area (Å²) in [6.07, 6.45) is 8.79. The third kappa shape index (κ3) is 2.98. The standard InChI is InChI=1S/C16H22N2S/c1-2-7-17-15(9-12-4-3-5-12)13-10-16-14(18-11-13)6-8-19-16/h6,8,10-12,15,17H,2-5,7,9H2,1H3. The maximum Gasteiger partial charge on any atom is 0.0809 e. The number of fused-ring (bicyclic) bond motifs is 1. The van der Waals surface area contributed by atoms with Crippen molar-refractivity contribution < 1.29 is 0 Å². The third-order valence-corrected chi connectivity index (χ3v) is 5.01. The van der Waals surface area contributed by atoms with Crippen molar-refractivity contribution >= 4 is 21.6 Å². The second kappa shape index (κ2) is 6.02. The molecule has 0 amide bonds. The monoisotopic (exact) mass is 274 g/mol. The van der Waals surface area contributed by atoms with E-state index in [1.807, 2.05) is 0 Å². The highest BCUT2D eigenvalue weighted by molar-refractivity contribution is 7.17. The van der Waals surface area contributed by atoms with Gasteiger partial charge in [0.2, 0.25) is 0 Å². The molecule has 2 nitrogen and oxygen atoms in total. The van der Waals surface area contributed by atoms with Gasteiger partial charge in [-0.15, -0.1) is 11.3 Å². The van der Waals surface area contributed by atoms with Crippen LogP contribution in [0.1, 0.15) is 50.6 Å². The van der Waals surface area contributed by atoms with Gasteiger partial charge in [0, 0.05) is 12.2 Å². The summed E-state index contributed by atoms with van der Waals surface area (Å²) >= 11 is 1.79. The Morgan fingerprint density at radius 3 is 3.11 bits per heavy atom. The van der Waals surface area contributed by atoms with Crippen LogP contribution in [-0.2, 0) is 0 Å². The van der Waals surface area contributed by atoms with Gasteiger partial charge in [0.15, 0.2) is 0 Å². The number of aromatic nitrogens is 1. The molecule has 1 unspecified atom stereocenters. The molecule has 2 heterocycles. The highest BCUT2D eigenvalue weighted by atomic mass is 32.1. The predicted octanol–water partition coefficient (Wildman–Crippen LogP) is 4.53. The lowest BCUT2D eigenvalue weighted by atomic mass is 9.80. The number of hydrogen-bond acceptors (Lipinski definition) is 3. The molecule has 1 aliphatic rings. The smallest absolute Gasteiger partial charge is 0.0809 e. The molecule has 19 heavy (non-hydrogen) atoms. The zero-order valence-corrected chi connectivity index (χ0v) is 12.4. The van der Waals surface area contributed by atoms with Crippen LogP contribution in [0.4, 0.5) is 0 Å². The molecule has 0 radical (unpaired) electrons. The third-order valence-electron chi connectivity index (χ3n) is 4.16. The van der Waals surface area contributed by atoms with E-state index in [0.717, 1.165) is 18.0 Å². The van der Waals surface area contributed by atoms with Gasteiger partial charge >= 0.3 is 0 Å². The Morgan fingerprint density at radius 2 is 2.37 bits per heavy atom. The molecule has 1 saturated carbocycles. The number of nitrogens with zero attached hydrogens (tertiary/aromatic N) is 1. The van der Waals surface area contributed by atoms with Crippen molar-refractivity contribution in [1.29, 1.82) is 0 Å². The van der Waals surface area contributed by atoms with Crippen molar-refractivity contribution in [1.82, 2.24) is 10.3 Å². The molecule has 2 aromatic heterocycles. The molecule has 0 saturated heterocycles. The van der Waals surface area contributed by atoms with Crippen LogP contribution < -0.4 is 5.32 Å². The first-order valence-electron chi connectivity index (χ1n) is 7.43. The number of thiophene rings is 1. The summed E-state index contributed by atoms with van der Waals surface area (Å²) < 4.78 is 1.31. The van der Waals surface area contributed by atoms with Gasteiger partial charge in [-0.3, -0.25) is 4.98 Å². The Morgan fingerprint density at radius 1 is 1.47 bits per heavy atom. The number of pyridine rings is 1. The van der Waals surface area contributed by atoms with E-state index >= 15 is 0 Å². The predicted molar refractivity (Wildman–Crippen MR) is 82.6 cm³/mol. The van der Waals surface area contributed by atoms with Crippen LogP contribution in [0.5, 0.6) is 0 Å². The fourth-order valence-electron chi connectivity index (χ4n) is 2.77. The molecule has 0 aliphatic heterocycles. The molecule has 3 heteroatoms. The average Bonchev–Trinajstić information content (AvgIpc) is 2.84. The lowest BCUT2D eigenvalue weighted by Gasteiger charge is -2.30. The first-order chi connectivity index (χ1) is 9.36. The van der Waals surface area contributed by atoms with Crippen LogP contribution >= 0.6 is 11.3 Å². The maximum absolute atomic E-state index is 4.59. The average molecular weight is 274 g/mol. The van der Waals surface area contributed by atoms with Crippen LogP contribution in [0.3, 0.4) is 0 Å². The SMILES string of the molecule is CCCNC(CC1CCC1)c1cnc2ccsc2c1. The lowest BCUT2D eigenvalue weighted by Crippen LogP contribution is -2.26. The fraction of sp³-hybridized carbons (Fsp3) is 0.562. The van der Waals surface area contributed by atoms with Gasteiger partial charge in [0.1, 0.15) is 0 Å². The van der Waals surface area contributed by atoms with Gasteiger partial charge in [0.25, 0.3) is 0 Å². The minimum Gasteiger partial charge on any atom is -0.310 e. The van der Waals surface area contributed by atoms with Crippen molar-refractivity contribution in [3.63, 3.8) is 0 Å². The molecule has 0 bridgehead atoms. The van der Waals surface area contributed by atoms with Crippen LogP contribution in [0.25, 0.3) is 10.2 Å². The molecule has 0 spiro atoms. The molecule has 1 fully saturated rings. The summed E-state index contributed by atoms with van der Waals surface area (Å²) in [5.74, 6) is 0.924. The van der Waals surface area contributed by atoms with Crippen molar-refractivity contribution in [2.75, 3.05) is 6.54 Å². The van der Waals surface area contributed by atoms with E-state index in [-0.39, 0.29) is 0 Å². The Hall–Kier alpha value is -0.930. The lowest BCUT2D eigenvalue weighted by molar-refractivity contribution is 0.261. The van der Waals surface area contributed by atoms with E-state index in [2.05, 4.69) is 40.9 Å². The molecular formula is C16H22N2S. The fourth-order valence-corrected chi connectivity index (χ4v) is 3.56. The van der Waals surface area contributed by atoms with E-state index in [1.165, 1.54) is 42.4 Å². The summed E-state index contributed by atoms with van der Waals surface area (Å²) in [6, 6.07) is 4.92. The first-order valence-corrected chi connectivity index (χ1v) is 8.31. The number of nitrogens with one attached hydrogen (secondary N) is 1. The molecule has 1 aliphatic carbocycles. The maximum atomic E-state index is 4.59. The van der Waals surface area contributed by atoms with E-state index in [4.69, 9.17) is 0 Å². The van der Waals surface area contributed by atoms with Crippen LogP contribution in [-0.4, -0.2) is 11.5 Å². The van der Waals surface area contributed by atoms with Gasteiger partial charge in [-0.1, -0.05) is 26.2 Å². The summed E-state index contributed by atoms with van der Waals surface area (Å²) in [4.78, 5) is 4.59. The van der Waals surface area contributed by atoms with Crippen molar-refractivity contribution in [2.45, 2.75) is 45.1 Å².